The van der Waals surface area contributed by atoms with Crippen LogP contribution in [0.3, 0.4) is 0 Å². The van der Waals surface area contributed by atoms with Gasteiger partial charge in [-0.2, -0.15) is 15.1 Å². The average molecular weight is 649 g/mol. The first-order valence-electron chi connectivity index (χ1n) is 12.0. The first kappa shape index (κ1) is 26.9. The molecule has 0 aliphatic heterocycles. The van der Waals surface area contributed by atoms with Crippen LogP contribution >= 0.6 is 23.0 Å². The fourth-order valence-electron chi connectivity index (χ4n) is 3.95. The number of ether oxygens (including phenoxy) is 3. The first-order chi connectivity index (χ1) is 19.5. The second kappa shape index (κ2) is 12.0. The fourth-order valence-corrected chi connectivity index (χ4v) is 4.17. The number of nitrogens with zero attached hydrogens (tertiary/aromatic N) is 7. The predicted octanol–water partition coefficient (Wildman–Crippen LogP) is 4.76. The molecule has 202 valence electrons. The lowest BCUT2D eigenvalue weighted by Gasteiger charge is -2.24. The summed E-state index contributed by atoms with van der Waals surface area (Å²) in [5.74, 6) is 7.94. The van der Waals surface area contributed by atoms with E-state index in [2.05, 4.69) is 31.9 Å². The normalized spacial score (nSPS) is 10.5. The van der Waals surface area contributed by atoms with Crippen LogP contribution in [0.4, 0.5) is 11.4 Å². The van der Waals surface area contributed by atoms with Gasteiger partial charge in [-0.15, -0.1) is 0 Å². The van der Waals surface area contributed by atoms with Crippen molar-refractivity contribution in [2.24, 2.45) is 7.05 Å². The van der Waals surface area contributed by atoms with Crippen LogP contribution < -0.4 is 22.2 Å². The van der Waals surface area contributed by atoms with Gasteiger partial charge in [-0.1, -0.05) is 5.92 Å². The molecule has 0 amide bonds. The van der Waals surface area contributed by atoms with Crippen molar-refractivity contribution < 1.29 is 17.3 Å². The van der Waals surface area contributed by atoms with Crippen molar-refractivity contribution in [3.63, 3.8) is 0 Å². The fraction of sp³-hybridized carbons (Fsp3) is 0.179. The molecule has 0 aliphatic carbocycles. The minimum atomic E-state index is 0.172. The Morgan fingerprint density at radius 3 is 2.35 bits per heavy atom. The standard InChI is InChI=1S/C28H24IN7O4/c1-35-17-18(15-31-35)26-16-30-24-8-7-20(13-25(24)33-26)36(21-11-22(37-2)14-23(12-21)38-3)9-5-6-19-10-27(40-29)34-28(32-19)39-4/h7-8,10-17H,9H2,1-4H3. The summed E-state index contributed by atoms with van der Waals surface area (Å²) in [6.07, 6.45) is 5.42. The van der Waals surface area contributed by atoms with Crippen molar-refractivity contribution in [2.75, 3.05) is 32.8 Å². The lowest BCUT2D eigenvalue weighted by molar-refractivity contribution is 0.375. The number of rotatable bonds is 8. The number of aryl methyl sites for hydroxylation is 1. The van der Waals surface area contributed by atoms with Crippen LogP contribution in [0.2, 0.25) is 0 Å². The Bertz CT molecular complexity index is 1690. The van der Waals surface area contributed by atoms with Crippen LogP contribution in [-0.4, -0.2) is 57.6 Å². The minimum absolute atomic E-state index is 0.172. The average Bonchev–Trinajstić information content (AvgIpc) is 3.44. The Balaban J connectivity index is 1.57. The van der Waals surface area contributed by atoms with Crippen molar-refractivity contribution in [3.8, 4) is 46.5 Å². The van der Waals surface area contributed by atoms with Gasteiger partial charge in [0.2, 0.25) is 5.88 Å². The van der Waals surface area contributed by atoms with E-state index >= 15 is 0 Å². The maximum absolute atomic E-state index is 5.53. The Morgan fingerprint density at radius 1 is 0.875 bits per heavy atom. The molecule has 0 bridgehead atoms. The SMILES string of the molecule is COc1cc(OC)cc(N(CC#Cc2cc(OI)nc(OC)n2)c2ccc3ncc(-c4cnn(C)c4)nc3c2)c1. The van der Waals surface area contributed by atoms with Gasteiger partial charge in [-0.25, -0.2) is 4.98 Å². The molecular weight excluding hydrogens is 625 g/mol. The van der Waals surface area contributed by atoms with Gasteiger partial charge in [0.15, 0.2) is 23.0 Å². The van der Waals surface area contributed by atoms with Crippen molar-refractivity contribution in [1.82, 2.24) is 29.7 Å². The first-order valence-corrected chi connectivity index (χ1v) is 12.8. The van der Waals surface area contributed by atoms with E-state index in [9.17, 15) is 0 Å². The van der Waals surface area contributed by atoms with Crippen molar-refractivity contribution in [2.45, 2.75) is 0 Å². The van der Waals surface area contributed by atoms with Crippen LogP contribution in [0, 0.1) is 11.8 Å². The number of halogens is 1. The highest BCUT2D eigenvalue weighted by atomic mass is 127. The van der Waals surface area contributed by atoms with E-state index < -0.39 is 0 Å². The number of anilines is 2. The van der Waals surface area contributed by atoms with Gasteiger partial charge in [0.05, 0.1) is 57.0 Å². The molecular formula is C28H24IN7O4. The number of hydrogen-bond acceptors (Lipinski definition) is 10. The molecule has 0 saturated heterocycles. The van der Waals surface area contributed by atoms with Gasteiger partial charge < -0.3 is 22.2 Å². The number of methoxy groups -OCH3 is 3. The van der Waals surface area contributed by atoms with Gasteiger partial charge in [0.1, 0.15) is 17.2 Å². The molecule has 12 heteroatoms. The summed E-state index contributed by atoms with van der Waals surface area (Å²) in [6, 6.07) is 13.4. The zero-order valence-electron chi connectivity index (χ0n) is 22.1. The second-order valence-electron chi connectivity index (χ2n) is 8.44. The third-order valence-corrected chi connectivity index (χ3v) is 6.33. The van der Waals surface area contributed by atoms with Gasteiger partial charge in [-0.05, 0) is 24.1 Å². The van der Waals surface area contributed by atoms with E-state index in [0.717, 1.165) is 33.7 Å². The summed E-state index contributed by atoms with van der Waals surface area (Å²) in [4.78, 5) is 19.9. The van der Waals surface area contributed by atoms with Gasteiger partial charge in [0, 0.05) is 54.4 Å². The molecule has 40 heavy (non-hydrogen) atoms. The minimum Gasteiger partial charge on any atom is -0.497 e. The Kier molecular flexibility index (Phi) is 8.11. The summed E-state index contributed by atoms with van der Waals surface area (Å²) in [7, 11) is 6.58. The monoisotopic (exact) mass is 649 g/mol. The quantitative estimate of drug-likeness (QED) is 0.172. The molecule has 11 nitrogen and oxygen atoms in total. The number of fused-ring (bicyclic) bond motifs is 1. The maximum Gasteiger partial charge on any atom is 0.320 e. The van der Waals surface area contributed by atoms with Crippen molar-refractivity contribution in [1.29, 1.82) is 0 Å². The molecule has 3 aromatic heterocycles. The zero-order valence-corrected chi connectivity index (χ0v) is 24.3. The molecule has 5 rings (SSSR count). The Morgan fingerprint density at radius 2 is 1.68 bits per heavy atom. The summed E-state index contributed by atoms with van der Waals surface area (Å²) in [5.41, 5.74) is 5.26. The van der Waals surface area contributed by atoms with Crippen LogP contribution in [0.25, 0.3) is 22.3 Å². The lowest BCUT2D eigenvalue weighted by atomic mass is 10.2. The van der Waals surface area contributed by atoms with E-state index in [1.165, 1.54) is 7.11 Å². The highest BCUT2D eigenvalue weighted by Crippen LogP contribution is 2.34. The summed E-state index contributed by atoms with van der Waals surface area (Å²) < 4.78 is 23.2. The molecule has 0 N–H and O–H groups in total. The van der Waals surface area contributed by atoms with E-state index in [4.69, 9.17) is 22.3 Å². The van der Waals surface area contributed by atoms with Gasteiger partial charge in [0.25, 0.3) is 0 Å². The van der Waals surface area contributed by atoms with Gasteiger partial charge in [-0.3, -0.25) is 9.67 Å². The number of aromatic nitrogens is 6. The highest BCUT2D eigenvalue weighted by Gasteiger charge is 2.14. The maximum atomic E-state index is 5.53. The summed E-state index contributed by atoms with van der Waals surface area (Å²) in [5, 5.41) is 4.25. The Labute approximate surface area is 244 Å². The molecule has 5 aromatic rings. The molecule has 3 heterocycles. The molecule has 0 atom stereocenters. The molecule has 2 aromatic carbocycles. The molecule has 0 fully saturated rings. The van der Waals surface area contributed by atoms with Crippen LogP contribution in [0.5, 0.6) is 23.4 Å². The number of hydrogen-bond donors (Lipinski definition) is 0. The zero-order chi connectivity index (χ0) is 28.1. The molecule has 0 saturated carbocycles. The molecule has 0 unspecified atom stereocenters. The largest absolute Gasteiger partial charge is 0.497 e. The summed E-state index contributed by atoms with van der Waals surface area (Å²) >= 11 is 1.75. The highest BCUT2D eigenvalue weighted by molar-refractivity contribution is 14.1. The Hall–Kier alpha value is -4.64. The van der Waals surface area contributed by atoms with E-state index in [-0.39, 0.29) is 6.01 Å². The number of benzene rings is 2. The van der Waals surface area contributed by atoms with Crippen molar-refractivity contribution in [3.05, 3.63) is 66.7 Å². The predicted molar refractivity (Wildman–Crippen MR) is 158 cm³/mol. The topological polar surface area (TPSA) is 110 Å². The van der Waals surface area contributed by atoms with Crippen molar-refractivity contribution >= 4 is 45.4 Å². The van der Waals surface area contributed by atoms with E-state index in [0.29, 0.717) is 29.6 Å². The van der Waals surface area contributed by atoms with E-state index in [1.54, 1.807) is 60.4 Å². The third-order valence-electron chi connectivity index (χ3n) is 5.88. The van der Waals surface area contributed by atoms with Gasteiger partial charge >= 0.3 is 6.01 Å². The third kappa shape index (κ3) is 5.99. The van der Waals surface area contributed by atoms with Crippen LogP contribution in [0.15, 0.2) is 61.1 Å². The van der Waals surface area contributed by atoms with Crippen LogP contribution in [-0.2, 0) is 7.05 Å². The molecule has 0 spiro atoms. The molecule has 0 aliphatic rings. The smallest absolute Gasteiger partial charge is 0.320 e. The van der Waals surface area contributed by atoms with Crippen LogP contribution in [0.1, 0.15) is 5.69 Å². The lowest BCUT2D eigenvalue weighted by Crippen LogP contribution is -2.17. The summed E-state index contributed by atoms with van der Waals surface area (Å²) in [6.45, 7) is 0.310. The molecule has 0 radical (unpaired) electrons. The van der Waals surface area contributed by atoms with E-state index in [1.807, 2.05) is 54.5 Å². The second-order valence-corrected chi connectivity index (χ2v) is 8.89.